The summed E-state index contributed by atoms with van der Waals surface area (Å²) in [7, 11) is 0. The summed E-state index contributed by atoms with van der Waals surface area (Å²) in [6.07, 6.45) is 75.5. The Morgan fingerprint density at radius 2 is 0.653 bits per heavy atom. The number of carbonyl (C=O) groups excluding carboxylic acids is 2. The lowest BCUT2D eigenvalue weighted by Crippen LogP contribution is -2.45. The third-order valence-electron chi connectivity index (χ3n) is 15.6. The highest BCUT2D eigenvalue weighted by atomic mass is 16.5. The number of aliphatic hydroxyl groups is 2. The number of nitrogens with one attached hydrogen (secondary N) is 1. The monoisotopic (exact) mass is 1020 g/mol. The number of esters is 1. The lowest BCUT2D eigenvalue weighted by molar-refractivity contribution is -0.143. The Morgan fingerprint density at radius 1 is 0.375 bits per heavy atom. The lowest BCUT2D eigenvalue weighted by Gasteiger charge is -2.22. The average molecular weight is 1020 g/mol. The van der Waals surface area contributed by atoms with Crippen LogP contribution in [-0.4, -0.2) is 47.4 Å². The molecular weight excluding hydrogens is 887 g/mol. The molecule has 0 aromatic heterocycles. The van der Waals surface area contributed by atoms with Crippen molar-refractivity contribution in [2.24, 2.45) is 0 Å². The summed E-state index contributed by atoms with van der Waals surface area (Å²) in [6.45, 7) is 4.94. The van der Waals surface area contributed by atoms with Crippen molar-refractivity contribution in [2.75, 3.05) is 13.2 Å². The Hall–Kier alpha value is -1.40. The van der Waals surface area contributed by atoms with Crippen molar-refractivity contribution in [3.05, 3.63) is 12.2 Å². The standard InChI is InChI=1S/C66H129NO5/c1-3-5-7-9-11-13-15-40-44-48-52-56-60-66(71)72-61-57-53-49-45-41-37-35-33-31-29-27-25-23-21-19-17-16-18-20-22-24-26-28-30-32-34-36-39-43-47-51-55-59-65(70)67-63(62-68)64(69)58-54-50-46-42-38-14-12-10-8-6-4-2/h11,13,63-64,68-69H,3-10,12,14-62H2,1-2H3,(H,67,70)/b13-11-. The normalized spacial score (nSPS) is 12.6. The van der Waals surface area contributed by atoms with E-state index in [1.165, 1.54) is 295 Å². The number of allylic oxidation sites excluding steroid dienone is 2. The number of rotatable bonds is 62. The van der Waals surface area contributed by atoms with Crippen molar-refractivity contribution in [3.8, 4) is 0 Å². The Morgan fingerprint density at radius 3 is 1.01 bits per heavy atom. The van der Waals surface area contributed by atoms with Crippen molar-refractivity contribution in [1.29, 1.82) is 0 Å². The second-order valence-corrected chi connectivity index (χ2v) is 22.8. The number of carbonyl (C=O) groups is 2. The van der Waals surface area contributed by atoms with Crippen LogP contribution in [0.2, 0.25) is 0 Å². The third kappa shape index (κ3) is 57.9. The Balaban J connectivity index is 3.29. The van der Waals surface area contributed by atoms with Crippen LogP contribution in [0.4, 0.5) is 0 Å². The van der Waals surface area contributed by atoms with Gasteiger partial charge < -0.3 is 20.3 Å². The molecule has 0 saturated carbocycles. The average Bonchev–Trinajstić information content (AvgIpc) is 3.38. The van der Waals surface area contributed by atoms with Gasteiger partial charge in [0.25, 0.3) is 0 Å². The van der Waals surface area contributed by atoms with E-state index in [9.17, 15) is 19.8 Å². The first-order valence-corrected chi connectivity index (χ1v) is 32.9. The van der Waals surface area contributed by atoms with Gasteiger partial charge in [0, 0.05) is 12.8 Å². The van der Waals surface area contributed by atoms with Gasteiger partial charge in [-0.1, -0.05) is 321 Å². The summed E-state index contributed by atoms with van der Waals surface area (Å²) in [5.41, 5.74) is 0. The second kappa shape index (κ2) is 62.1. The summed E-state index contributed by atoms with van der Waals surface area (Å²) < 4.78 is 5.47. The minimum atomic E-state index is -0.658. The van der Waals surface area contributed by atoms with Crippen LogP contribution in [-0.2, 0) is 14.3 Å². The van der Waals surface area contributed by atoms with Crippen molar-refractivity contribution < 1.29 is 24.5 Å². The number of aliphatic hydroxyl groups excluding tert-OH is 2. The van der Waals surface area contributed by atoms with Crippen molar-refractivity contribution in [3.63, 3.8) is 0 Å². The zero-order chi connectivity index (χ0) is 52.2. The van der Waals surface area contributed by atoms with E-state index in [2.05, 4.69) is 31.3 Å². The molecule has 6 heteroatoms. The molecule has 1 amide bonds. The van der Waals surface area contributed by atoms with Crippen LogP contribution >= 0.6 is 0 Å². The molecule has 0 fully saturated rings. The van der Waals surface area contributed by atoms with Gasteiger partial charge in [0.2, 0.25) is 5.91 Å². The molecule has 0 spiro atoms. The molecular formula is C66H129NO5. The maximum Gasteiger partial charge on any atom is 0.305 e. The van der Waals surface area contributed by atoms with Gasteiger partial charge >= 0.3 is 5.97 Å². The van der Waals surface area contributed by atoms with Crippen molar-refractivity contribution in [1.82, 2.24) is 5.32 Å². The fourth-order valence-corrected chi connectivity index (χ4v) is 10.5. The fraction of sp³-hybridized carbons (Fsp3) is 0.939. The van der Waals surface area contributed by atoms with Crippen LogP contribution < -0.4 is 5.32 Å². The predicted molar refractivity (Wildman–Crippen MR) is 315 cm³/mol. The molecule has 0 heterocycles. The molecule has 72 heavy (non-hydrogen) atoms. The first-order chi connectivity index (χ1) is 35.5. The van der Waals surface area contributed by atoms with Crippen LogP contribution in [0.25, 0.3) is 0 Å². The highest BCUT2D eigenvalue weighted by molar-refractivity contribution is 5.76. The van der Waals surface area contributed by atoms with Crippen LogP contribution in [0.5, 0.6) is 0 Å². The van der Waals surface area contributed by atoms with Gasteiger partial charge in [-0.3, -0.25) is 9.59 Å². The van der Waals surface area contributed by atoms with Gasteiger partial charge in [0.1, 0.15) is 0 Å². The minimum Gasteiger partial charge on any atom is -0.466 e. The number of hydrogen-bond donors (Lipinski definition) is 3. The number of unbranched alkanes of at least 4 members (excludes halogenated alkanes) is 49. The summed E-state index contributed by atoms with van der Waals surface area (Å²) in [5, 5.41) is 23.2. The quantitative estimate of drug-likeness (QED) is 0.0320. The molecule has 0 bridgehead atoms. The number of hydrogen-bond acceptors (Lipinski definition) is 5. The number of amides is 1. The number of ether oxygens (including phenoxy) is 1. The van der Waals surface area contributed by atoms with E-state index in [1.54, 1.807) is 0 Å². The van der Waals surface area contributed by atoms with E-state index in [4.69, 9.17) is 4.74 Å². The maximum absolute atomic E-state index is 12.5. The molecule has 6 nitrogen and oxygen atoms in total. The molecule has 0 aliphatic rings. The Labute approximate surface area is 450 Å². The van der Waals surface area contributed by atoms with Gasteiger partial charge in [-0.25, -0.2) is 0 Å². The highest BCUT2D eigenvalue weighted by Crippen LogP contribution is 2.19. The van der Waals surface area contributed by atoms with Gasteiger partial charge in [0.15, 0.2) is 0 Å². The molecule has 0 saturated heterocycles. The predicted octanol–water partition coefficient (Wildman–Crippen LogP) is 20.8. The smallest absolute Gasteiger partial charge is 0.305 e. The van der Waals surface area contributed by atoms with E-state index in [0.717, 1.165) is 44.9 Å². The maximum atomic E-state index is 12.5. The van der Waals surface area contributed by atoms with E-state index in [-0.39, 0.29) is 18.5 Å². The van der Waals surface area contributed by atoms with Gasteiger partial charge in [-0.2, -0.15) is 0 Å². The second-order valence-electron chi connectivity index (χ2n) is 22.8. The first-order valence-electron chi connectivity index (χ1n) is 32.9. The van der Waals surface area contributed by atoms with Gasteiger partial charge in [-0.05, 0) is 51.4 Å². The van der Waals surface area contributed by atoms with Crippen LogP contribution in [0, 0.1) is 0 Å². The van der Waals surface area contributed by atoms with Crippen LogP contribution in [0.1, 0.15) is 373 Å². The Kier molecular flexibility index (Phi) is 60.9. The summed E-state index contributed by atoms with van der Waals surface area (Å²) in [5.74, 6) is -0.0180. The molecule has 0 aliphatic carbocycles. The largest absolute Gasteiger partial charge is 0.466 e. The zero-order valence-electron chi connectivity index (χ0n) is 48.9. The summed E-state index contributed by atoms with van der Waals surface area (Å²) in [6, 6.07) is -0.535. The molecule has 0 aliphatic heterocycles. The van der Waals surface area contributed by atoms with Crippen molar-refractivity contribution in [2.45, 2.75) is 386 Å². The molecule has 2 atom stereocenters. The molecule has 0 aromatic carbocycles. The lowest BCUT2D eigenvalue weighted by atomic mass is 10.0. The minimum absolute atomic E-state index is 0.0115. The Bertz CT molecular complexity index is 1080. The molecule has 3 N–H and O–H groups in total. The van der Waals surface area contributed by atoms with E-state index < -0.39 is 12.1 Å². The van der Waals surface area contributed by atoms with Crippen LogP contribution in [0.15, 0.2) is 12.2 Å². The van der Waals surface area contributed by atoms with Gasteiger partial charge in [-0.15, -0.1) is 0 Å². The van der Waals surface area contributed by atoms with Crippen molar-refractivity contribution >= 4 is 11.9 Å². The topological polar surface area (TPSA) is 95.9 Å². The third-order valence-corrected chi connectivity index (χ3v) is 15.6. The molecule has 428 valence electrons. The highest BCUT2D eigenvalue weighted by Gasteiger charge is 2.20. The van der Waals surface area contributed by atoms with E-state index >= 15 is 0 Å². The fourth-order valence-electron chi connectivity index (χ4n) is 10.5. The van der Waals surface area contributed by atoms with E-state index in [1.807, 2.05) is 0 Å². The zero-order valence-corrected chi connectivity index (χ0v) is 48.9. The molecule has 0 aromatic rings. The molecule has 0 rings (SSSR count). The molecule has 2 unspecified atom stereocenters. The summed E-state index contributed by atoms with van der Waals surface area (Å²) >= 11 is 0. The van der Waals surface area contributed by atoms with E-state index in [0.29, 0.717) is 25.9 Å². The summed E-state index contributed by atoms with van der Waals surface area (Å²) in [4.78, 5) is 24.5. The van der Waals surface area contributed by atoms with Crippen LogP contribution in [0.3, 0.4) is 0 Å². The SMILES string of the molecule is CCCCC/C=C\CCCCCCCC(=O)OCCCCCCCCCCCCCCCCCCCCCCCCCCCCCCCCCCC(=O)NC(CO)C(O)CCCCCCCCCCCCC. The first kappa shape index (κ1) is 70.6. The van der Waals surface area contributed by atoms with Gasteiger partial charge in [0.05, 0.1) is 25.4 Å². The molecule has 0 radical (unpaired) electrons.